The first-order valence-corrected chi connectivity index (χ1v) is 7.16. The number of hydrogen-bond acceptors (Lipinski definition) is 4. The summed E-state index contributed by atoms with van der Waals surface area (Å²) < 4.78 is 39.9. The zero-order valence-corrected chi connectivity index (χ0v) is 12.2. The van der Waals surface area contributed by atoms with E-state index in [4.69, 9.17) is 5.73 Å². The van der Waals surface area contributed by atoms with E-state index < -0.39 is 27.0 Å². The molecule has 0 unspecified atom stereocenters. The van der Waals surface area contributed by atoms with Gasteiger partial charge in [-0.2, -0.15) is 0 Å². The van der Waals surface area contributed by atoms with Crippen LogP contribution in [0.2, 0.25) is 0 Å². The van der Waals surface area contributed by atoms with Crippen molar-refractivity contribution >= 4 is 15.7 Å². The van der Waals surface area contributed by atoms with Gasteiger partial charge in [0.25, 0.3) is 0 Å². The Bertz CT molecular complexity index is 577. The molecule has 0 fully saturated rings. The zero-order chi connectivity index (χ0) is 15.1. The maximum absolute atomic E-state index is 13.3. The molecule has 1 aromatic carbocycles. The summed E-state index contributed by atoms with van der Waals surface area (Å²) in [7, 11) is -3.95. The molecule has 0 aliphatic rings. The highest BCUT2D eigenvalue weighted by Gasteiger charge is 2.38. The van der Waals surface area contributed by atoms with Gasteiger partial charge < -0.3 is 10.8 Å². The molecular weight excluding hydrogens is 271 g/mol. The molecular formula is C12H19FN2O3S. The lowest BCUT2D eigenvalue weighted by Gasteiger charge is -2.37. The van der Waals surface area contributed by atoms with Crippen LogP contribution in [0.5, 0.6) is 0 Å². The Labute approximate surface area is 112 Å². The van der Waals surface area contributed by atoms with Crippen molar-refractivity contribution < 1.29 is 17.9 Å². The molecule has 0 saturated carbocycles. The molecule has 0 spiro atoms. The van der Waals surface area contributed by atoms with Gasteiger partial charge in [-0.05, 0) is 45.9 Å². The Morgan fingerprint density at radius 1 is 1.26 bits per heavy atom. The summed E-state index contributed by atoms with van der Waals surface area (Å²) in [5.41, 5.74) is 2.77. The third kappa shape index (κ3) is 3.43. The number of sulfonamides is 1. The molecule has 0 atom stereocenters. The number of rotatable bonds is 4. The molecule has 0 saturated heterocycles. The molecule has 0 bridgehead atoms. The van der Waals surface area contributed by atoms with E-state index in [0.717, 1.165) is 6.07 Å². The average Bonchev–Trinajstić information content (AvgIpc) is 2.18. The van der Waals surface area contributed by atoms with Crippen molar-refractivity contribution in [3.05, 3.63) is 24.0 Å². The van der Waals surface area contributed by atoms with E-state index in [0.29, 0.717) is 0 Å². The fourth-order valence-corrected chi connectivity index (χ4v) is 2.74. The highest BCUT2D eigenvalue weighted by Crippen LogP contribution is 2.24. The predicted octanol–water partition coefficient (Wildman–Crippen LogP) is 1.24. The van der Waals surface area contributed by atoms with Crippen LogP contribution in [0.15, 0.2) is 23.1 Å². The summed E-state index contributed by atoms with van der Waals surface area (Å²) in [4.78, 5) is -0.239. The van der Waals surface area contributed by atoms with E-state index in [1.807, 2.05) is 0 Å². The maximum Gasteiger partial charge on any atom is 0.241 e. The largest absolute Gasteiger partial charge is 0.396 e. The van der Waals surface area contributed by atoms with E-state index in [1.165, 1.54) is 39.8 Å². The van der Waals surface area contributed by atoms with Gasteiger partial charge in [0.1, 0.15) is 5.82 Å². The van der Waals surface area contributed by atoms with Crippen molar-refractivity contribution in [2.45, 2.75) is 43.7 Å². The molecule has 0 aliphatic heterocycles. The third-order valence-corrected chi connectivity index (χ3v) is 4.85. The quantitative estimate of drug-likeness (QED) is 0.727. The molecule has 5 nitrogen and oxygen atoms in total. The number of nitrogens with two attached hydrogens (primary N) is 1. The Morgan fingerprint density at radius 3 is 2.21 bits per heavy atom. The van der Waals surface area contributed by atoms with E-state index in [-0.39, 0.29) is 10.6 Å². The molecule has 0 aromatic heterocycles. The topological polar surface area (TPSA) is 92.4 Å². The van der Waals surface area contributed by atoms with E-state index >= 15 is 0 Å². The van der Waals surface area contributed by atoms with Gasteiger partial charge in [0.05, 0.1) is 21.7 Å². The Hall–Kier alpha value is -1.18. The van der Waals surface area contributed by atoms with Gasteiger partial charge in [-0.1, -0.05) is 0 Å². The smallest absolute Gasteiger partial charge is 0.241 e. The molecule has 1 aromatic rings. The highest BCUT2D eigenvalue weighted by molar-refractivity contribution is 7.89. The normalized spacial score (nSPS) is 13.6. The number of aliphatic hydroxyl groups is 1. The van der Waals surface area contributed by atoms with Crippen LogP contribution >= 0.6 is 0 Å². The van der Waals surface area contributed by atoms with Crippen LogP contribution in [-0.2, 0) is 10.0 Å². The molecule has 108 valence electrons. The second kappa shape index (κ2) is 4.73. The first-order chi connectivity index (χ1) is 8.37. The van der Waals surface area contributed by atoms with E-state index in [2.05, 4.69) is 4.72 Å². The maximum atomic E-state index is 13.3. The van der Waals surface area contributed by atoms with Crippen LogP contribution in [0, 0.1) is 5.82 Å². The minimum atomic E-state index is -3.95. The van der Waals surface area contributed by atoms with Crippen molar-refractivity contribution in [1.29, 1.82) is 0 Å². The molecule has 1 rings (SSSR count). The molecule has 19 heavy (non-hydrogen) atoms. The van der Waals surface area contributed by atoms with Crippen molar-refractivity contribution in [3.63, 3.8) is 0 Å². The summed E-state index contributed by atoms with van der Waals surface area (Å²) in [6, 6.07) is 3.24. The molecule has 0 amide bonds. The second-order valence-electron chi connectivity index (χ2n) is 5.47. The fraction of sp³-hybridized carbons (Fsp3) is 0.500. The van der Waals surface area contributed by atoms with E-state index in [1.54, 1.807) is 0 Å². The number of nitrogen functional groups attached to an aromatic ring is 1. The Morgan fingerprint density at radius 2 is 1.79 bits per heavy atom. The molecule has 0 heterocycles. The standard InChI is InChI=1S/C12H19FN2O3S/c1-11(2,12(3,4)16)15-19(17,18)8-5-6-10(14)9(13)7-8/h5-7,15-16H,14H2,1-4H3. The van der Waals surface area contributed by atoms with Crippen LogP contribution in [0.25, 0.3) is 0 Å². The van der Waals surface area contributed by atoms with Crippen LogP contribution in [0.1, 0.15) is 27.7 Å². The van der Waals surface area contributed by atoms with E-state index in [9.17, 15) is 17.9 Å². The summed E-state index contributed by atoms with van der Waals surface area (Å²) >= 11 is 0. The van der Waals surface area contributed by atoms with Gasteiger partial charge in [0.2, 0.25) is 10.0 Å². The summed E-state index contributed by atoms with van der Waals surface area (Å²) in [5.74, 6) is -0.802. The second-order valence-corrected chi connectivity index (χ2v) is 7.16. The van der Waals surface area contributed by atoms with Crippen molar-refractivity contribution in [3.8, 4) is 0 Å². The van der Waals surface area contributed by atoms with Crippen LogP contribution in [0.3, 0.4) is 0 Å². The lowest BCUT2D eigenvalue weighted by atomic mass is 9.87. The summed E-state index contributed by atoms with van der Waals surface area (Å²) in [5, 5.41) is 9.93. The van der Waals surface area contributed by atoms with Crippen LogP contribution in [0.4, 0.5) is 10.1 Å². The summed E-state index contributed by atoms with van der Waals surface area (Å²) in [6.45, 7) is 6.05. The minimum absolute atomic E-state index is 0.124. The SMILES string of the molecule is CC(C)(O)C(C)(C)NS(=O)(=O)c1ccc(N)c(F)c1. The van der Waals surface area contributed by atoms with Gasteiger partial charge in [0.15, 0.2) is 0 Å². The molecule has 0 aliphatic carbocycles. The minimum Gasteiger partial charge on any atom is -0.396 e. The zero-order valence-electron chi connectivity index (χ0n) is 11.4. The predicted molar refractivity (Wildman–Crippen MR) is 71.5 cm³/mol. The molecule has 7 heteroatoms. The van der Waals surface area contributed by atoms with Crippen LogP contribution < -0.4 is 10.5 Å². The molecule has 0 radical (unpaired) electrons. The lowest BCUT2D eigenvalue weighted by molar-refractivity contribution is 0.00638. The Balaban J connectivity index is 3.16. The Kier molecular flexibility index (Phi) is 3.96. The van der Waals surface area contributed by atoms with Crippen molar-refractivity contribution in [2.75, 3.05) is 5.73 Å². The number of anilines is 1. The first kappa shape index (κ1) is 15.9. The van der Waals surface area contributed by atoms with Crippen molar-refractivity contribution in [2.24, 2.45) is 0 Å². The van der Waals surface area contributed by atoms with Gasteiger partial charge in [0, 0.05) is 0 Å². The van der Waals surface area contributed by atoms with Gasteiger partial charge >= 0.3 is 0 Å². The first-order valence-electron chi connectivity index (χ1n) is 5.68. The van der Waals surface area contributed by atoms with Gasteiger partial charge in [-0.3, -0.25) is 0 Å². The third-order valence-electron chi connectivity index (χ3n) is 3.20. The number of halogens is 1. The van der Waals surface area contributed by atoms with Gasteiger partial charge in [-0.25, -0.2) is 17.5 Å². The van der Waals surface area contributed by atoms with Crippen molar-refractivity contribution in [1.82, 2.24) is 4.72 Å². The number of hydrogen-bond donors (Lipinski definition) is 3. The lowest BCUT2D eigenvalue weighted by Crippen LogP contribution is -2.57. The van der Waals surface area contributed by atoms with Gasteiger partial charge in [-0.15, -0.1) is 0 Å². The monoisotopic (exact) mass is 290 g/mol. The average molecular weight is 290 g/mol. The number of benzene rings is 1. The number of nitrogens with one attached hydrogen (secondary N) is 1. The summed E-state index contributed by atoms with van der Waals surface area (Å²) in [6.07, 6.45) is 0. The fourth-order valence-electron chi connectivity index (χ4n) is 1.19. The highest BCUT2D eigenvalue weighted by atomic mass is 32.2. The molecule has 4 N–H and O–H groups in total. The van der Waals surface area contributed by atoms with Crippen LogP contribution in [-0.4, -0.2) is 24.7 Å².